The Hall–Kier alpha value is -3.42. The number of aryl methyl sites for hydroxylation is 1. The molecule has 6 nitrogen and oxygen atoms in total. The van der Waals surface area contributed by atoms with Crippen LogP contribution in [0.25, 0.3) is 10.9 Å². The van der Waals surface area contributed by atoms with E-state index in [0.717, 1.165) is 18.2 Å². The summed E-state index contributed by atoms with van der Waals surface area (Å²) >= 11 is 0. The summed E-state index contributed by atoms with van der Waals surface area (Å²) in [6.07, 6.45) is 1.14. The monoisotopic (exact) mass is 372 g/mol. The number of fused-ring (bicyclic) bond motifs is 1. The summed E-state index contributed by atoms with van der Waals surface area (Å²) in [4.78, 5) is 40.1. The lowest BCUT2D eigenvalue weighted by Crippen LogP contribution is -2.23. The minimum absolute atomic E-state index is 0.0119. The van der Waals surface area contributed by atoms with Crippen LogP contribution < -0.4 is 5.56 Å². The van der Waals surface area contributed by atoms with Gasteiger partial charge in [0.2, 0.25) is 5.78 Å². The van der Waals surface area contributed by atoms with E-state index in [1.54, 1.807) is 24.3 Å². The second kappa shape index (κ2) is 7.86. The first-order valence-electron chi connectivity index (χ1n) is 8.04. The molecule has 3 aromatic rings. The molecule has 138 valence electrons. The van der Waals surface area contributed by atoms with Crippen LogP contribution in [-0.2, 0) is 16.1 Å². The third-order valence-electron chi connectivity index (χ3n) is 3.88. The van der Waals surface area contributed by atoms with E-state index in [9.17, 15) is 23.2 Å². The van der Waals surface area contributed by atoms with Gasteiger partial charge in [0.1, 0.15) is 11.6 Å². The van der Waals surface area contributed by atoms with Crippen LogP contribution in [0.1, 0.15) is 16.8 Å². The molecular formula is C19H14F2N2O4. The summed E-state index contributed by atoms with van der Waals surface area (Å²) in [7, 11) is 0. The SMILES string of the molecule is O=C(CCn1cnc2ccccc2c1=O)OCC(=O)c1cc(F)ccc1F. The zero-order valence-corrected chi connectivity index (χ0v) is 14.0. The van der Waals surface area contributed by atoms with Gasteiger partial charge in [-0.2, -0.15) is 0 Å². The number of para-hydroxylation sites is 1. The lowest BCUT2D eigenvalue weighted by atomic mass is 10.1. The second-order valence-corrected chi connectivity index (χ2v) is 5.72. The maximum Gasteiger partial charge on any atom is 0.308 e. The van der Waals surface area contributed by atoms with Gasteiger partial charge < -0.3 is 4.74 Å². The average molecular weight is 372 g/mol. The summed E-state index contributed by atoms with van der Waals surface area (Å²) < 4.78 is 32.7. The highest BCUT2D eigenvalue weighted by Crippen LogP contribution is 2.11. The van der Waals surface area contributed by atoms with Crippen LogP contribution in [0, 0.1) is 11.6 Å². The summed E-state index contributed by atoms with van der Waals surface area (Å²) in [5, 5.41) is 0.421. The summed E-state index contributed by atoms with van der Waals surface area (Å²) in [6, 6.07) is 9.25. The van der Waals surface area contributed by atoms with Crippen molar-refractivity contribution in [2.75, 3.05) is 6.61 Å². The molecule has 0 amide bonds. The molecule has 0 atom stereocenters. The van der Waals surface area contributed by atoms with Crippen molar-refractivity contribution in [1.29, 1.82) is 0 Å². The first-order chi connectivity index (χ1) is 13.0. The van der Waals surface area contributed by atoms with Crippen molar-refractivity contribution in [1.82, 2.24) is 9.55 Å². The lowest BCUT2D eigenvalue weighted by molar-refractivity contribution is -0.142. The number of halogens is 2. The van der Waals surface area contributed by atoms with E-state index in [1.165, 1.54) is 10.9 Å². The molecule has 2 aromatic carbocycles. The Labute approximate surface area is 152 Å². The van der Waals surface area contributed by atoms with Gasteiger partial charge in [-0.1, -0.05) is 12.1 Å². The number of ketones is 1. The van der Waals surface area contributed by atoms with Crippen LogP contribution in [0.4, 0.5) is 8.78 Å². The van der Waals surface area contributed by atoms with E-state index < -0.39 is 35.6 Å². The quantitative estimate of drug-likeness (QED) is 0.491. The van der Waals surface area contributed by atoms with E-state index in [-0.39, 0.29) is 18.5 Å². The Bertz CT molecular complexity index is 1080. The van der Waals surface area contributed by atoms with Crippen molar-refractivity contribution in [3.05, 3.63) is 76.3 Å². The molecule has 1 heterocycles. The fourth-order valence-corrected chi connectivity index (χ4v) is 2.48. The number of carbonyl (C=O) groups excluding carboxylic acids is 2. The fraction of sp³-hybridized carbons (Fsp3) is 0.158. The molecule has 0 aliphatic rings. The topological polar surface area (TPSA) is 78.3 Å². The Balaban J connectivity index is 1.59. The maximum absolute atomic E-state index is 13.5. The van der Waals surface area contributed by atoms with Gasteiger partial charge in [0.15, 0.2) is 6.61 Å². The highest BCUT2D eigenvalue weighted by molar-refractivity contribution is 5.98. The molecule has 0 saturated carbocycles. The van der Waals surface area contributed by atoms with Crippen molar-refractivity contribution in [2.24, 2.45) is 0 Å². The van der Waals surface area contributed by atoms with Crippen LogP contribution in [0.2, 0.25) is 0 Å². The third-order valence-corrected chi connectivity index (χ3v) is 3.88. The van der Waals surface area contributed by atoms with Crippen LogP contribution in [-0.4, -0.2) is 27.9 Å². The Morgan fingerprint density at radius 3 is 2.70 bits per heavy atom. The van der Waals surface area contributed by atoms with Crippen LogP contribution in [0.15, 0.2) is 53.6 Å². The number of ether oxygens (including phenoxy) is 1. The van der Waals surface area contributed by atoms with E-state index in [4.69, 9.17) is 4.74 Å². The van der Waals surface area contributed by atoms with Crippen molar-refractivity contribution >= 4 is 22.7 Å². The summed E-state index contributed by atoms with van der Waals surface area (Å²) in [5.74, 6) is -3.27. The Kier molecular flexibility index (Phi) is 5.35. The largest absolute Gasteiger partial charge is 0.457 e. The molecule has 0 aliphatic carbocycles. The molecular weight excluding hydrogens is 358 g/mol. The first-order valence-corrected chi connectivity index (χ1v) is 8.04. The lowest BCUT2D eigenvalue weighted by Gasteiger charge is -2.07. The second-order valence-electron chi connectivity index (χ2n) is 5.72. The van der Waals surface area contributed by atoms with Crippen molar-refractivity contribution in [2.45, 2.75) is 13.0 Å². The molecule has 0 radical (unpaired) electrons. The standard InChI is InChI=1S/C19H14F2N2O4/c20-12-5-6-15(21)14(9-12)17(24)10-27-18(25)7-8-23-11-22-16-4-2-1-3-13(16)19(23)26/h1-6,9,11H,7-8,10H2. The third kappa shape index (κ3) is 4.22. The number of rotatable bonds is 6. The zero-order chi connectivity index (χ0) is 19.4. The number of hydrogen-bond acceptors (Lipinski definition) is 5. The number of carbonyl (C=O) groups is 2. The maximum atomic E-state index is 13.5. The fourth-order valence-electron chi connectivity index (χ4n) is 2.48. The molecule has 0 spiro atoms. The number of aromatic nitrogens is 2. The summed E-state index contributed by atoms with van der Waals surface area (Å²) in [5.41, 5.74) is -0.242. The molecule has 3 rings (SSSR count). The number of esters is 1. The smallest absolute Gasteiger partial charge is 0.308 e. The summed E-state index contributed by atoms with van der Waals surface area (Å²) in [6.45, 7) is -0.706. The molecule has 0 fully saturated rings. The normalized spacial score (nSPS) is 10.7. The van der Waals surface area contributed by atoms with Crippen molar-refractivity contribution < 1.29 is 23.1 Å². The predicted octanol–water partition coefficient (Wildman–Crippen LogP) is 2.49. The molecule has 0 aliphatic heterocycles. The number of Topliss-reactive ketones (excluding diaryl/α,β-unsaturated/α-hetero) is 1. The van der Waals surface area contributed by atoms with Gasteiger partial charge in [0.25, 0.3) is 5.56 Å². The molecule has 0 N–H and O–H groups in total. The van der Waals surface area contributed by atoms with Crippen molar-refractivity contribution in [3.63, 3.8) is 0 Å². The number of benzene rings is 2. The Morgan fingerprint density at radius 1 is 1.11 bits per heavy atom. The van der Waals surface area contributed by atoms with Crippen molar-refractivity contribution in [3.8, 4) is 0 Å². The average Bonchev–Trinajstić information content (AvgIpc) is 2.67. The van der Waals surface area contributed by atoms with Gasteiger partial charge in [0, 0.05) is 6.54 Å². The van der Waals surface area contributed by atoms with Gasteiger partial charge in [0.05, 0.1) is 29.2 Å². The van der Waals surface area contributed by atoms with Gasteiger partial charge >= 0.3 is 5.97 Å². The Morgan fingerprint density at radius 2 is 1.89 bits per heavy atom. The van der Waals surface area contributed by atoms with E-state index in [0.29, 0.717) is 10.9 Å². The highest BCUT2D eigenvalue weighted by atomic mass is 19.1. The molecule has 27 heavy (non-hydrogen) atoms. The highest BCUT2D eigenvalue weighted by Gasteiger charge is 2.15. The van der Waals surface area contributed by atoms with Gasteiger partial charge in [-0.15, -0.1) is 0 Å². The molecule has 1 aromatic heterocycles. The molecule has 0 unspecified atom stereocenters. The van der Waals surface area contributed by atoms with E-state index >= 15 is 0 Å². The minimum atomic E-state index is -0.897. The van der Waals surface area contributed by atoms with Crippen LogP contribution in [0.3, 0.4) is 0 Å². The predicted molar refractivity (Wildman–Crippen MR) is 92.3 cm³/mol. The molecule has 8 heteroatoms. The molecule has 0 saturated heterocycles. The number of hydrogen-bond donors (Lipinski definition) is 0. The van der Waals surface area contributed by atoms with Gasteiger partial charge in [-0.25, -0.2) is 13.8 Å². The van der Waals surface area contributed by atoms with Gasteiger partial charge in [-0.05, 0) is 30.3 Å². The van der Waals surface area contributed by atoms with Crippen LogP contribution in [0.5, 0.6) is 0 Å². The van der Waals surface area contributed by atoms with Crippen LogP contribution >= 0.6 is 0 Å². The number of nitrogens with zero attached hydrogens (tertiary/aromatic N) is 2. The van der Waals surface area contributed by atoms with E-state index in [2.05, 4.69) is 4.98 Å². The minimum Gasteiger partial charge on any atom is -0.457 e. The van der Waals surface area contributed by atoms with E-state index in [1.807, 2.05) is 0 Å². The zero-order valence-electron chi connectivity index (χ0n) is 14.0. The van der Waals surface area contributed by atoms with Gasteiger partial charge in [-0.3, -0.25) is 19.0 Å². The first kappa shape index (κ1) is 18.4. The molecule has 0 bridgehead atoms.